The Labute approximate surface area is 102 Å². The second-order valence-corrected chi connectivity index (χ2v) is 5.79. The van der Waals surface area contributed by atoms with Crippen molar-refractivity contribution in [1.82, 2.24) is 0 Å². The number of carbonyl (C=O) groups is 2. The second-order valence-electron chi connectivity index (χ2n) is 5.79. The largest absolute Gasteiger partial charge is 0.303 e. The van der Waals surface area contributed by atoms with E-state index in [0.717, 1.165) is 23.8 Å². The average molecular weight is 230 g/mol. The Hall–Kier alpha value is -1.44. The smallest absolute Gasteiger partial charge is 0.166 e. The Morgan fingerprint density at radius 1 is 1.35 bits per heavy atom. The van der Waals surface area contributed by atoms with Crippen LogP contribution in [0.15, 0.2) is 18.2 Å². The predicted molar refractivity (Wildman–Crippen MR) is 67.3 cm³/mol. The normalized spacial score (nSPS) is 19.2. The molecule has 1 aromatic carbocycles. The lowest BCUT2D eigenvalue weighted by Gasteiger charge is -2.19. The lowest BCUT2D eigenvalue weighted by molar-refractivity contribution is -0.108. The Kier molecular flexibility index (Phi) is 2.90. The molecule has 2 nitrogen and oxygen atoms in total. The van der Waals surface area contributed by atoms with Gasteiger partial charge >= 0.3 is 0 Å². The van der Waals surface area contributed by atoms with Gasteiger partial charge in [-0.3, -0.25) is 4.79 Å². The summed E-state index contributed by atoms with van der Waals surface area (Å²) in [5.41, 5.74) is 3.15. The van der Waals surface area contributed by atoms with Crippen LogP contribution < -0.4 is 0 Å². The Balaban J connectivity index is 2.37. The highest BCUT2D eigenvalue weighted by molar-refractivity contribution is 6.03. The van der Waals surface area contributed by atoms with Crippen LogP contribution in [0.4, 0.5) is 0 Å². The number of hydrogen-bond acceptors (Lipinski definition) is 2. The minimum atomic E-state index is -0.127. The summed E-state index contributed by atoms with van der Waals surface area (Å²) in [6.07, 6.45) is 1.91. The van der Waals surface area contributed by atoms with Crippen molar-refractivity contribution in [3.05, 3.63) is 34.9 Å². The van der Waals surface area contributed by atoms with Gasteiger partial charge in [-0.2, -0.15) is 0 Å². The van der Waals surface area contributed by atoms with E-state index in [1.807, 2.05) is 12.1 Å². The van der Waals surface area contributed by atoms with Gasteiger partial charge in [-0.05, 0) is 29.0 Å². The molecule has 0 heterocycles. The standard InChI is InChI=1S/C15H18O2/c1-15(2,3)12-5-4-10-8-11(6-7-16)14(17)13(10)9-12/h4-5,7,9,11H,6,8H2,1-3H3. The lowest BCUT2D eigenvalue weighted by Crippen LogP contribution is -2.13. The molecule has 0 fully saturated rings. The molecule has 0 saturated heterocycles. The molecule has 0 aromatic heterocycles. The number of rotatable bonds is 2. The number of Topliss-reactive ketones (excluding diaryl/α,β-unsaturated/α-hetero) is 1. The zero-order chi connectivity index (χ0) is 12.6. The molecule has 0 spiro atoms. The molecular formula is C15H18O2. The van der Waals surface area contributed by atoms with E-state index in [2.05, 4.69) is 26.8 Å². The molecule has 0 radical (unpaired) electrons. The van der Waals surface area contributed by atoms with Crippen LogP contribution in [0.1, 0.15) is 48.7 Å². The number of hydrogen-bond donors (Lipinski definition) is 0. The van der Waals surface area contributed by atoms with Crippen molar-refractivity contribution in [1.29, 1.82) is 0 Å². The van der Waals surface area contributed by atoms with Crippen molar-refractivity contribution < 1.29 is 9.59 Å². The number of aldehydes is 1. The molecule has 2 heteroatoms. The van der Waals surface area contributed by atoms with Crippen molar-refractivity contribution in [2.75, 3.05) is 0 Å². The molecule has 90 valence electrons. The molecule has 2 rings (SSSR count). The van der Waals surface area contributed by atoms with E-state index < -0.39 is 0 Å². The highest BCUT2D eigenvalue weighted by atomic mass is 16.1. The molecule has 17 heavy (non-hydrogen) atoms. The summed E-state index contributed by atoms with van der Waals surface area (Å²) >= 11 is 0. The summed E-state index contributed by atoms with van der Waals surface area (Å²) in [5, 5.41) is 0. The number of fused-ring (bicyclic) bond motifs is 1. The molecule has 0 N–H and O–H groups in total. The first-order valence-electron chi connectivity index (χ1n) is 6.04. The number of carbonyl (C=O) groups excluding carboxylic acids is 2. The van der Waals surface area contributed by atoms with Gasteiger partial charge in [0.2, 0.25) is 0 Å². The quantitative estimate of drug-likeness (QED) is 0.732. The highest BCUT2D eigenvalue weighted by Gasteiger charge is 2.31. The fourth-order valence-electron chi connectivity index (χ4n) is 2.33. The van der Waals surface area contributed by atoms with Crippen molar-refractivity contribution in [3.63, 3.8) is 0 Å². The van der Waals surface area contributed by atoms with E-state index in [0.29, 0.717) is 6.42 Å². The minimum Gasteiger partial charge on any atom is -0.303 e. The van der Waals surface area contributed by atoms with Crippen LogP contribution in [0.3, 0.4) is 0 Å². The molecule has 0 bridgehead atoms. The van der Waals surface area contributed by atoms with Crippen molar-refractivity contribution in [3.8, 4) is 0 Å². The first-order valence-corrected chi connectivity index (χ1v) is 6.04. The van der Waals surface area contributed by atoms with Crippen LogP contribution in [0.2, 0.25) is 0 Å². The van der Waals surface area contributed by atoms with Crippen molar-refractivity contribution in [2.24, 2.45) is 5.92 Å². The zero-order valence-electron chi connectivity index (χ0n) is 10.6. The Bertz CT molecular complexity index is 466. The third-order valence-corrected chi connectivity index (χ3v) is 3.46. The highest BCUT2D eigenvalue weighted by Crippen LogP contribution is 2.32. The first kappa shape index (κ1) is 12.0. The minimum absolute atomic E-state index is 0.0536. The van der Waals surface area contributed by atoms with Crippen LogP contribution in [-0.4, -0.2) is 12.1 Å². The van der Waals surface area contributed by atoms with Gasteiger partial charge in [0.15, 0.2) is 5.78 Å². The van der Waals surface area contributed by atoms with Gasteiger partial charge in [0.05, 0.1) is 0 Å². The van der Waals surface area contributed by atoms with Crippen molar-refractivity contribution >= 4 is 12.1 Å². The third kappa shape index (κ3) is 2.17. The summed E-state index contributed by atoms with van der Waals surface area (Å²) in [6.45, 7) is 6.41. The van der Waals surface area contributed by atoms with Gasteiger partial charge in [-0.25, -0.2) is 0 Å². The lowest BCUT2D eigenvalue weighted by atomic mass is 9.85. The van der Waals surface area contributed by atoms with Gasteiger partial charge in [0, 0.05) is 17.9 Å². The maximum atomic E-state index is 12.1. The summed E-state index contributed by atoms with van der Waals surface area (Å²) < 4.78 is 0. The monoisotopic (exact) mass is 230 g/mol. The Morgan fingerprint density at radius 3 is 2.65 bits per heavy atom. The number of benzene rings is 1. The molecule has 1 unspecified atom stereocenters. The molecule has 1 aliphatic carbocycles. The molecule has 1 aliphatic rings. The summed E-state index contributed by atoms with van der Waals surface area (Å²) in [4.78, 5) is 22.6. The average Bonchev–Trinajstić information content (AvgIpc) is 2.55. The third-order valence-electron chi connectivity index (χ3n) is 3.46. The maximum Gasteiger partial charge on any atom is 0.166 e. The van der Waals surface area contributed by atoms with Crippen molar-refractivity contribution in [2.45, 2.75) is 39.0 Å². The molecule has 0 amide bonds. The van der Waals surface area contributed by atoms with E-state index in [1.165, 1.54) is 5.56 Å². The van der Waals surface area contributed by atoms with E-state index in [-0.39, 0.29) is 17.1 Å². The van der Waals surface area contributed by atoms with Gasteiger partial charge < -0.3 is 4.79 Å². The van der Waals surface area contributed by atoms with Gasteiger partial charge in [-0.1, -0.05) is 32.9 Å². The zero-order valence-corrected chi connectivity index (χ0v) is 10.6. The Morgan fingerprint density at radius 2 is 2.06 bits per heavy atom. The number of ketones is 1. The van der Waals surface area contributed by atoms with E-state index in [1.54, 1.807) is 0 Å². The molecule has 0 saturated carbocycles. The van der Waals surface area contributed by atoms with E-state index >= 15 is 0 Å². The summed E-state index contributed by atoms with van der Waals surface area (Å²) in [7, 11) is 0. The van der Waals surface area contributed by atoms with Crippen LogP contribution in [0, 0.1) is 5.92 Å². The van der Waals surface area contributed by atoms with Crippen LogP contribution in [0.25, 0.3) is 0 Å². The fraction of sp³-hybridized carbons (Fsp3) is 0.467. The molecular weight excluding hydrogens is 212 g/mol. The van der Waals surface area contributed by atoms with Crippen LogP contribution >= 0.6 is 0 Å². The second kappa shape index (κ2) is 4.10. The predicted octanol–water partition coefficient (Wildman–Crippen LogP) is 2.93. The van der Waals surface area contributed by atoms with Gasteiger partial charge in [0.1, 0.15) is 6.29 Å². The van der Waals surface area contributed by atoms with Crippen LogP contribution in [-0.2, 0) is 16.6 Å². The fourth-order valence-corrected chi connectivity index (χ4v) is 2.33. The molecule has 1 atom stereocenters. The molecule has 0 aliphatic heterocycles. The van der Waals surface area contributed by atoms with Gasteiger partial charge in [0.25, 0.3) is 0 Å². The SMILES string of the molecule is CC(C)(C)c1ccc2c(c1)C(=O)C(CC=O)C2. The topological polar surface area (TPSA) is 34.1 Å². The van der Waals surface area contributed by atoms with E-state index in [9.17, 15) is 9.59 Å². The molecule has 1 aromatic rings. The summed E-state index contributed by atoms with van der Waals surface area (Å²) in [6, 6.07) is 6.14. The van der Waals surface area contributed by atoms with Crippen LogP contribution in [0.5, 0.6) is 0 Å². The van der Waals surface area contributed by atoms with E-state index in [4.69, 9.17) is 0 Å². The summed E-state index contributed by atoms with van der Waals surface area (Å²) in [5.74, 6) is 0.0101. The first-order chi connectivity index (χ1) is 7.93. The maximum absolute atomic E-state index is 12.1. The van der Waals surface area contributed by atoms with Gasteiger partial charge in [-0.15, -0.1) is 0 Å².